The van der Waals surface area contributed by atoms with E-state index in [9.17, 15) is 4.79 Å². The van der Waals surface area contributed by atoms with Gasteiger partial charge in [0.1, 0.15) is 5.82 Å². The van der Waals surface area contributed by atoms with Gasteiger partial charge in [-0.2, -0.15) is 10.2 Å². The highest BCUT2D eigenvalue weighted by molar-refractivity contribution is 6.11. The van der Waals surface area contributed by atoms with Crippen molar-refractivity contribution in [2.75, 3.05) is 5.32 Å². The minimum absolute atomic E-state index is 0.141. The summed E-state index contributed by atoms with van der Waals surface area (Å²) in [4.78, 5) is 18.0. The molecule has 1 aliphatic rings. The first-order valence-electron chi connectivity index (χ1n) is 9.72. The van der Waals surface area contributed by atoms with Crippen LogP contribution in [0, 0.1) is 0 Å². The number of hydrogen-bond donors (Lipinski definition) is 1. The zero-order valence-electron chi connectivity index (χ0n) is 16.3. The number of rotatable bonds is 6. The molecule has 3 aromatic heterocycles. The fourth-order valence-electron chi connectivity index (χ4n) is 3.31. The number of nitrogens with zero attached hydrogens (tertiary/aromatic N) is 5. The number of pyridine rings is 1. The molecule has 4 rings (SSSR count). The fraction of sp³-hybridized carbons (Fsp3) is 0.500. The summed E-state index contributed by atoms with van der Waals surface area (Å²) in [5.74, 6) is 1.03. The van der Waals surface area contributed by atoms with Crippen LogP contribution in [-0.2, 0) is 0 Å². The van der Waals surface area contributed by atoms with Crippen LogP contribution in [0.5, 0.6) is 0 Å². The second kappa shape index (κ2) is 6.79. The monoisotopic (exact) mass is 366 g/mol. The molecule has 1 unspecified atom stereocenters. The first-order valence-corrected chi connectivity index (χ1v) is 9.72. The lowest BCUT2D eigenvalue weighted by molar-refractivity contribution is 0.102. The van der Waals surface area contributed by atoms with Gasteiger partial charge in [-0.1, -0.05) is 6.92 Å². The Morgan fingerprint density at radius 1 is 1.26 bits per heavy atom. The average molecular weight is 366 g/mol. The molecule has 0 saturated heterocycles. The number of carbonyl (C=O) groups is 1. The van der Waals surface area contributed by atoms with Crippen LogP contribution in [0.2, 0.25) is 0 Å². The van der Waals surface area contributed by atoms with Gasteiger partial charge in [-0.25, -0.2) is 14.3 Å². The smallest absolute Gasteiger partial charge is 0.257 e. The van der Waals surface area contributed by atoms with E-state index >= 15 is 0 Å². The molecule has 1 N–H and O–H groups in total. The Labute approximate surface area is 158 Å². The maximum absolute atomic E-state index is 13.1. The highest BCUT2D eigenvalue weighted by atomic mass is 16.1. The Hall–Kier alpha value is -2.70. The van der Waals surface area contributed by atoms with Crippen LogP contribution < -0.4 is 5.32 Å². The number of amides is 1. The van der Waals surface area contributed by atoms with Crippen molar-refractivity contribution in [3.05, 3.63) is 35.8 Å². The maximum atomic E-state index is 13.1. The Balaban J connectivity index is 1.74. The van der Waals surface area contributed by atoms with E-state index in [2.05, 4.69) is 43.2 Å². The van der Waals surface area contributed by atoms with E-state index in [1.54, 1.807) is 12.4 Å². The van der Waals surface area contributed by atoms with Crippen LogP contribution in [-0.4, -0.2) is 30.5 Å². The van der Waals surface area contributed by atoms with Gasteiger partial charge >= 0.3 is 0 Å². The highest BCUT2D eigenvalue weighted by Gasteiger charge is 2.28. The van der Waals surface area contributed by atoms with E-state index in [1.807, 2.05) is 21.5 Å². The fourth-order valence-corrected chi connectivity index (χ4v) is 3.31. The predicted molar refractivity (Wildman–Crippen MR) is 105 cm³/mol. The lowest BCUT2D eigenvalue weighted by Gasteiger charge is -2.15. The van der Waals surface area contributed by atoms with Crippen LogP contribution in [0.15, 0.2) is 24.5 Å². The molecule has 0 aliphatic heterocycles. The standard InChI is InChI=1S/C20H26N6O/c1-5-13(4)26-18(8-9-21-26)24-20(27)15-10-17(14-6-7-14)23-19-16(15)11-22-25(19)12(2)3/h8-14H,5-7H2,1-4H3,(H,24,27). The van der Waals surface area contributed by atoms with Crippen LogP contribution >= 0.6 is 0 Å². The zero-order valence-corrected chi connectivity index (χ0v) is 16.3. The molecule has 142 valence electrons. The number of nitrogens with one attached hydrogen (secondary N) is 1. The maximum Gasteiger partial charge on any atom is 0.257 e. The largest absolute Gasteiger partial charge is 0.307 e. The average Bonchev–Trinajstić information content (AvgIpc) is 3.25. The number of hydrogen-bond acceptors (Lipinski definition) is 4. The molecular formula is C20H26N6O. The van der Waals surface area contributed by atoms with Crippen molar-refractivity contribution in [3.8, 4) is 0 Å². The molecular weight excluding hydrogens is 340 g/mol. The zero-order chi connectivity index (χ0) is 19.1. The second-order valence-electron chi connectivity index (χ2n) is 7.66. The molecule has 0 radical (unpaired) electrons. The Kier molecular flexibility index (Phi) is 4.45. The van der Waals surface area contributed by atoms with Gasteiger partial charge in [0, 0.05) is 23.7 Å². The predicted octanol–water partition coefficient (Wildman–Crippen LogP) is 4.31. The number of fused-ring (bicyclic) bond motifs is 1. The summed E-state index contributed by atoms with van der Waals surface area (Å²) in [6.07, 6.45) is 6.68. The highest BCUT2D eigenvalue weighted by Crippen LogP contribution is 2.40. The van der Waals surface area contributed by atoms with Gasteiger partial charge in [-0.15, -0.1) is 0 Å². The van der Waals surface area contributed by atoms with E-state index in [0.29, 0.717) is 17.3 Å². The van der Waals surface area contributed by atoms with Crippen LogP contribution in [0.3, 0.4) is 0 Å². The van der Waals surface area contributed by atoms with Crippen molar-refractivity contribution in [2.45, 2.75) is 65.0 Å². The summed E-state index contributed by atoms with van der Waals surface area (Å²) in [5, 5.41) is 12.7. The molecule has 1 saturated carbocycles. The molecule has 3 heterocycles. The number of carbonyl (C=O) groups excluding carboxylic acids is 1. The van der Waals surface area contributed by atoms with Crippen molar-refractivity contribution < 1.29 is 4.79 Å². The molecule has 7 heteroatoms. The quantitative estimate of drug-likeness (QED) is 0.705. The van der Waals surface area contributed by atoms with E-state index < -0.39 is 0 Å². The molecule has 1 fully saturated rings. The van der Waals surface area contributed by atoms with Crippen LogP contribution in [0.4, 0.5) is 5.82 Å². The summed E-state index contributed by atoms with van der Waals surface area (Å²) < 4.78 is 3.75. The van der Waals surface area contributed by atoms with Crippen LogP contribution in [0.1, 0.15) is 81.0 Å². The molecule has 1 amide bonds. The third-order valence-electron chi connectivity index (χ3n) is 5.24. The van der Waals surface area contributed by atoms with Crippen molar-refractivity contribution in [3.63, 3.8) is 0 Å². The summed E-state index contributed by atoms with van der Waals surface area (Å²) in [7, 11) is 0. The van der Waals surface area contributed by atoms with E-state index in [-0.39, 0.29) is 18.0 Å². The first-order chi connectivity index (χ1) is 13.0. The topological polar surface area (TPSA) is 77.6 Å². The molecule has 3 aromatic rings. The van der Waals surface area contributed by atoms with E-state index in [4.69, 9.17) is 4.98 Å². The lowest BCUT2D eigenvalue weighted by atomic mass is 10.1. The van der Waals surface area contributed by atoms with Gasteiger partial charge in [-0.3, -0.25) is 4.79 Å². The summed E-state index contributed by atoms with van der Waals surface area (Å²) in [5.41, 5.74) is 2.41. The minimum atomic E-state index is -0.141. The summed E-state index contributed by atoms with van der Waals surface area (Å²) in [6, 6.07) is 4.18. The number of anilines is 1. The van der Waals surface area contributed by atoms with Crippen LogP contribution in [0.25, 0.3) is 11.0 Å². The normalized spacial score (nSPS) is 15.4. The van der Waals surface area contributed by atoms with Crippen molar-refractivity contribution in [1.82, 2.24) is 24.5 Å². The van der Waals surface area contributed by atoms with Gasteiger partial charge in [-0.05, 0) is 46.1 Å². The van der Waals surface area contributed by atoms with Gasteiger partial charge in [0.15, 0.2) is 5.65 Å². The molecule has 0 aromatic carbocycles. The summed E-state index contributed by atoms with van der Waals surface area (Å²) in [6.45, 7) is 8.34. The Morgan fingerprint density at radius 3 is 2.70 bits per heavy atom. The van der Waals surface area contributed by atoms with Gasteiger partial charge < -0.3 is 5.32 Å². The van der Waals surface area contributed by atoms with Crippen molar-refractivity contribution in [1.29, 1.82) is 0 Å². The van der Waals surface area contributed by atoms with Crippen molar-refractivity contribution >= 4 is 22.8 Å². The lowest BCUT2D eigenvalue weighted by Crippen LogP contribution is -2.18. The molecule has 1 aliphatic carbocycles. The molecule has 0 bridgehead atoms. The molecule has 0 spiro atoms. The van der Waals surface area contributed by atoms with Gasteiger partial charge in [0.2, 0.25) is 0 Å². The van der Waals surface area contributed by atoms with E-state index in [0.717, 1.165) is 36.0 Å². The molecule has 7 nitrogen and oxygen atoms in total. The molecule has 1 atom stereocenters. The number of aromatic nitrogens is 5. The Morgan fingerprint density at radius 2 is 2.04 bits per heavy atom. The summed E-state index contributed by atoms with van der Waals surface area (Å²) >= 11 is 0. The minimum Gasteiger partial charge on any atom is -0.307 e. The molecule has 27 heavy (non-hydrogen) atoms. The first kappa shape index (κ1) is 17.7. The van der Waals surface area contributed by atoms with Crippen molar-refractivity contribution in [2.24, 2.45) is 0 Å². The second-order valence-corrected chi connectivity index (χ2v) is 7.66. The van der Waals surface area contributed by atoms with E-state index in [1.165, 1.54) is 0 Å². The van der Waals surface area contributed by atoms with Gasteiger partial charge in [0.05, 0.1) is 29.4 Å². The third-order valence-corrected chi connectivity index (χ3v) is 5.24. The van der Waals surface area contributed by atoms with Gasteiger partial charge in [0.25, 0.3) is 5.91 Å². The Bertz CT molecular complexity index is 982. The SMILES string of the molecule is CCC(C)n1nccc1NC(=O)c1cc(C2CC2)nc2c1cnn2C(C)C. The third kappa shape index (κ3) is 3.22.